The summed E-state index contributed by atoms with van der Waals surface area (Å²) in [6, 6.07) is 16.2. The van der Waals surface area contributed by atoms with Gasteiger partial charge in [0.15, 0.2) is 0 Å². The van der Waals surface area contributed by atoms with Crippen molar-refractivity contribution in [2.24, 2.45) is 35.5 Å². The van der Waals surface area contributed by atoms with Gasteiger partial charge in [0.25, 0.3) is 0 Å². The van der Waals surface area contributed by atoms with Crippen LogP contribution in [-0.4, -0.2) is 136 Å². The zero-order chi connectivity index (χ0) is 36.6. The van der Waals surface area contributed by atoms with Crippen molar-refractivity contribution in [2.75, 3.05) is 103 Å². The number of benzene rings is 2. The average Bonchev–Trinajstić information content (AvgIpc) is 3.62. The minimum absolute atomic E-state index is 0.158. The highest BCUT2D eigenvalue weighted by molar-refractivity contribution is 6.10. The third-order valence-corrected chi connectivity index (χ3v) is 12.8. The molecule has 1 saturated carbocycles. The van der Waals surface area contributed by atoms with Crippen molar-refractivity contribution in [3.8, 4) is 11.5 Å². The molecule has 12 nitrogen and oxygen atoms in total. The van der Waals surface area contributed by atoms with Crippen molar-refractivity contribution in [3.05, 3.63) is 60.7 Å². The number of carbonyl (C=O) groups excluding carboxylic acids is 4. The van der Waals surface area contributed by atoms with Gasteiger partial charge >= 0.3 is 0 Å². The first kappa shape index (κ1) is 35.6. The van der Waals surface area contributed by atoms with Crippen molar-refractivity contribution in [2.45, 2.75) is 19.3 Å². The van der Waals surface area contributed by atoms with Gasteiger partial charge in [0, 0.05) is 77.3 Å². The first-order valence-corrected chi connectivity index (χ1v) is 19.5. The summed E-state index contributed by atoms with van der Waals surface area (Å²) in [7, 11) is 3.40. The fourth-order valence-corrected chi connectivity index (χ4v) is 10.1. The largest absolute Gasteiger partial charge is 0.495 e. The number of anilines is 2. The summed E-state index contributed by atoms with van der Waals surface area (Å²) in [6.45, 7) is 9.76. The molecule has 2 aromatic carbocycles. The number of imide groups is 2. The van der Waals surface area contributed by atoms with Crippen LogP contribution in [0.15, 0.2) is 60.7 Å². The van der Waals surface area contributed by atoms with E-state index in [9.17, 15) is 19.2 Å². The molecule has 4 saturated heterocycles. The van der Waals surface area contributed by atoms with Gasteiger partial charge in [0.2, 0.25) is 23.6 Å². The molecule has 0 N–H and O–H groups in total. The van der Waals surface area contributed by atoms with Crippen LogP contribution in [0.4, 0.5) is 11.4 Å². The van der Waals surface area contributed by atoms with Crippen molar-refractivity contribution >= 4 is 35.0 Å². The van der Waals surface area contributed by atoms with Crippen LogP contribution in [0.3, 0.4) is 0 Å². The monoisotopic (exact) mass is 724 g/mol. The molecule has 6 unspecified atom stereocenters. The Morgan fingerprint density at radius 3 is 1.26 bits per heavy atom. The maximum Gasteiger partial charge on any atom is 0.233 e. The van der Waals surface area contributed by atoms with Crippen LogP contribution in [0.5, 0.6) is 11.5 Å². The number of methoxy groups -OCH3 is 2. The van der Waals surface area contributed by atoms with E-state index in [0.29, 0.717) is 19.5 Å². The number of rotatable bonds is 13. The summed E-state index contributed by atoms with van der Waals surface area (Å²) < 4.78 is 11.1. The molecular weight excluding hydrogens is 672 g/mol. The lowest BCUT2D eigenvalue weighted by atomic mass is 9.54. The number of allylic oxidation sites excluding steroid dienone is 2. The third kappa shape index (κ3) is 6.47. The topological polar surface area (TPSA) is 106 Å². The van der Waals surface area contributed by atoms with Crippen LogP contribution in [0.25, 0.3) is 0 Å². The lowest BCUT2D eigenvalue weighted by Crippen LogP contribution is -2.50. The molecule has 53 heavy (non-hydrogen) atoms. The molecule has 2 aromatic rings. The summed E-state index contributed by atoms with van der Waals surface area (Å²) in [5.74, 6) is -1.86. The molecule has 2 bridgehead atoms. The van der Waals surface area contributed by atoms with Crippen LogP contribution in [0.1, 0.15) is 19.3 Å². The molecule has 0 radical (unpaired) electrons. The quantitative estimate of drug-likeness (QED) is 0.174. The maximum atomic E-state index is 13.9. The van der Waals surface area contributed by atoms with E-state index in [4.69, 9.17) is 9.47 Å². The van der Waals surface area contributed by atoms with Gasteiger partial charge < -0.3 is 19.3 Å². The number of nitrogens with zero attached hydrogens (tertiary/aromatic N) is 6. The fourth-order valence-electron chi connectivity index (χ4n) is 10.1. The second-order valence-electron chi connectivity index (χ2n) is 15.4. The highest BCUT2D eigenvalue weighted by Crippen LogP contribution is 2.57. The molecule has 4 aliphatic heterocycles. The molecule has 12 heteroatoms. The Hall–Kier alpha value is -4.42. The van der Waals surface area contributed by atoms with E-state index in [1.807, 2.05) is 48.6 Å². The van der Waals surface area contributed by atoms with Gasteiger partial charge in [-0.15, -0.1) is 0 Å². The number of likely N-dealkylation sites (tertiary alicyclic amines) is 2. The molecule has 4 amide bonds. The summed E-state index contributed by atoms with van der Waals surface area (Å²) in [6.07, 6.45) is 6.25. The molecule has 9 rings (SSSR count). The molecule has 4 heterocycles. The number of carbonyl (C=O) groups is 4. The number of hydrogen-bond acceptors (Lipinski definition) is 10. The normalized spacial score (nSPS) is 28.6. The second kappa shape index (κ2) is 15.1. The van der Waals surface area contributed by atoms with E-state index in [2.05, 4.69) is 31.7 Å². The van der Waals surface area contributed by atoms with Crippen LogP contribution in [-0.2, 0) is 19.2 Å². The number of ether oxygens (including phenoxy) is 2. The van der Waals surface area contributed by atoms with Gasteiger partial charge in [-0.2, -0.15) is 0 Å². The van der Waals surface area contributed by atoms with Crippen LogP contribution >= 0.6 is 0 Å². The lowest BCUT2D eigenvalue weighted by molar-refractivity contribution is -0.140. The Labute approximate surface area is 312 Å². The lowest BCUT2D eigenvalue weighted by Gasteiger charge is -2.44. The second-order valence-corrected chi connectivity index (χ2v) is 15.4. The van der Waals surface area contributed by atoms with Crippen molar-refractivity contribution in [1.29, 1.82) is 0 Å². The van der Waals surface area contributed by atoms with Gasteiger partial charge in [0.05, 0.1) is 49.3 Å². The van der Waals surface area contributed by atoms with E-state index in [-0.39, 0.29) is 23.6 Å². The SMILES string of the molecule is COc1ccccc1N1CCN(CCCCN2C(=O)C3C4C=CC(C3C2=O)C2C(=O)N(CCCN3CCN(c5ccccc5OC)CC3)C(=O)C42)CC1. The Morgan fingerprint density at radius 2 is 0.849 bits per heavy atom. The van der Waals surface area contributed by atoms with E-state index >= 15 is 0 Å². The molecule has 0 aromatic heterocycles. The van der Waals surface area contributed by atoms with Gasteiger partial charge in [-0.3, -0.25) is 38.8 Å². The van der Waals surface area contributed by atoms with Crippen molar-refractivity contribution < 1.29 is 28.7 Å². The molecule has 0 spiro atoms. The minimum Gasteiger partial charge on any atom is -0.495 e. The zero-order valence-corrected chi connectivity index (χ0v) is 31.0. The Morgan fingerprint density at radius 1 is 0.491 bits per heavy atom. The molecule has 3 aliphatic carbocycles. The minimum atomic E-state index is -0.547. The predicted octanol–water partition coefficient (Wildman–Crippen LogP) is 2.84. The number of unbranched alkanes of at least 4 members (excludes halogenated alkanes) is 1. The Bertz CT molecular complexity index is 1680. The number of para-hydroxylation sites is 4. The maximum absolute atomic E-state index is 13.9. The third-order valence-electron chi connectivity index (χ3n) is 12.8. The number of amides is 4. The summed E-state index contributed by atoms with van der Waals surface area (Å²) in [4.78, 5) is 67.8. The van der Waals surface area contributed by atoms with E-state index in [1.165, 1.54) is 9.80 Å². The van der Waals surface area contributed by atoms with Crippen LogP contribution in [0, 0.1) is 35.5 Å². The van der Waals surface area contributed by atoms with Gasteiger partial charge in [0.1, 0.15) is 11.5 Å². The number of piperazine rings is 2. The molecule has 282 valence electrons. The van der Waals surface area contributed by atoms with Gasteiger partial charge in [-0.25, -0.2) is 0 Å². The average molecular weight is 725 g/mol. The highest BCUT2D eigenvalue weighted by Gasteiger charge is 2.68. The van der Waals surface area contributed by atoms with E-state index in [0.717, 1.165) is 101 Å². The van der Waals surface area contributed by atoms with E-state index < -0.39 is 35.5 Å². The molecule has 5 fully saturated rings. The van der Waals surface area contributed by atoms with Crippen molar-refractivity contribution in [1.82, 2.24) is 19.6 Å². The van der Waals surface area contributed by atoms with Gasteiger partial charge in [-0.1, -0.05) is 36.4 Å². The van der Waals surface area contributed by atoms with E-state index in [1.54, 1.807) is 14.2 Å². The molecule has 6 atom stereocenters. The Kier molecular flexibility index (Phi) is 10.2. The summed E-state index contributed by atoms with van der Waals surface area (Å²) in [5.41, 5.74) is 2.22. The summed E-state index contributed by atoms with van der Waals surface area (Å²) >= 11 is 0. The first-order valence-electron chi connectivity index (χ1n) is 19.5. The van der Waals surface area contributed by atoms with Crippen LogP contribution in [0.2, 0.25) is 0 Å². The predicted molar refractivity (Wildman–Crippen MR) is 201 cm³/mol. The standard InChI is InChI=1S/C41H52N6O6/c1-52-32-12-5-3-10-30(32)44-24-20-42(21-25-44)16-7-8-18-46-38(48)34-28-14-15-29(35(34)39(46)49)37-36(28)40(50)47(41(37)51)19-9-17-43-22-26-45(27-23-43)31-11-4-6-13-33(31)53-2/h3-6,10-15,28-29,34-37H,7-9,16-27H2,1-2H3. The first-order chi connectivity index (χ1) is 25.9. The zero-order valence-electron chi connectivity index (χ0n) is 31.0. The smallest absolute Gasteiger partial charge is 0.233 e. The summed E-state index contributed by atoms with van der Waals surface area (Å²) in [5, 5.41) is 0. The van der Waals surface area contributed by atoms with Crippen molar-refractivity contribution in [3.63, 3.8) is 0 Å². The molecule has 7 aliphatic rings. The molecular formula is C41H52N6O6. The highest BCUT2D eigenvalue weighted by atomic mass is 16.5. The Balaban J connectivity index is 0.804. The fraction of sp³-hybridized carbons (Fsp3) is 0.561. The van der Waals surface area contributed by atoms with Crippen LogP contribution < -0.4 is 19.3 Å². The number of hydrogen-bond donors (Lipinski definition) is 0. The van der Waals surface area contributed by atoms with Gasteiger partial charge in [-0.05, 0) is 56.6 Å².